The van der Waals surface area contributed by atoms with Gasteiger partial charge in [-0.3, -0.25) is 0 Å². The van der Waals surface area contributed by atoms with Crippen molar-refractivity contribution in [3.63, 3.8) is 0 Å². The summed E-state index contributed by atoms with van der Waals surface area (Å²) >= 11 is 7.02. The van der Waals surface area contributed by atoms with Crippen molar-refractivity contribution in [2.75, 3.05) is 0 Å². The molecule has 3 aromatic heterocycles. The Hall–Kier alpha value is -7.93. The zero-order valence-corrected chi connectivity index (χ0v) is 48.3. The molecule has 14 rings (SSSR count). The quantitative estimate of drug-likeness (QED) is 0.155. The molecule has 0 bridgehead atoms. The minimum absolute atomic E-state index is 0.326. The summed E-state index contributed by atoms with van der Waals surface area (Å²) in [5.74, 6) is 2.91. The maximum atomic E-state index is 6.12. The number of hydrogen-bond donors (Lipinski definition) is 0. The van der Waals surface area contributed by atoms with Crippen molar-refractivity contribution < 1.29 is 9.31 Å². The Morgan fingerprint density at radius 2 is 0.646 bits per heavy atom. The van der Waals surface area contributed by atoms with E-state index < -0.39 is 0 Å². The molecule has 0 atom stereocenters. The van der Waals surface area contributed by atoms with Crippen LogP contribution in [0.3, 0.4) is 0 Å². The highest BCUT2D eigenvalue weighted by molar-refractivity contribution is 9.11. The molecule has 4 heterocycles. The van der Waals surface area contributed by atoms with E-state index in [9.17, 15) is 0 Å². The second-order valence-electron chi connectivity index (χ2n) is 21.1. The third-order valence-corrected chi connectivity index (χ3v) is 17.1. The number of hydrogen-bond acceptors (Lipinski definition) is 5. The van der Waals surface area contributed by atoms with Gasteiger partial charge in [-0.15, -0.1) is 0 Å². The van der Waals surface area contributed by atoms with E-state index in [4.69, 9.17) is 24.3 Å². The smallest absolute Gasteiger partial charge is 0.399 e. The van der Waals surface area contributed by atoms with Gasteiger partial charge >= 0.3 is 7.12 Å². The third kappa shape index (κ3) is 9.80. The van der Waals surface area contributed by atoms with Crippen LogP contribution in [0.25, 0.3) is 111 Å². The monoisotopic (exact) mass is 1160 g/mol. The van der Waals surface area contributed by atoms with Crippen molar-refractivity contribution in [2.24, 2.45) is 21.1 Å². The van der Waals surface area contributed by atoms with Gasteiger partial charge in [0.25, 0.3) is 0 Å². The molecule has 0 N–H and O–H groups in total. The molecular formula is C68H57BBr2N6O2. The lowest BCUT2D eigenvalue weighted by Crippen LogP contribution is -2.41. The highest BCUT2D eigenvalue weighted by atomic mass is 79.9. The highest BCUT2D eigenvalue weighted by Crippen LogP contribution is 2.39. The molecule has 0 spiro atoms. The SMILES string of the molecule is Brc1cccc2c(Br)cccc12.Cn1c(-c2ccc(-c3cccc4c(-c5ccc(-c6nc7ccccc7n6C)cc5)cccc34)cc2)nc2ccccc21.Cn1c(-c2ccc(B3OC(C)(C)C(C)(C)O3)cc2)nc2ccccc21. The van der Waals surface area contributed by atoms with Crippen molar-refractivity contribution in [1.29, 1.82) is 0 Å². The van der Waals surface area contributed by atoms with Gasteiger partial charge in [-0.05, 0) is 125 Å². The molecule has 13 aromatic rings. The fourth-order valence-corrected chi connectivity index (χ4v) is 11.6. The molecule has 79 heavy (non-hydrogen) atoms. The number of nitrogens with zero attached hydrogens (tertiary/aromatic N) is 6. The van der Waals surface area contributed by atoms with Crippen LogP contribution >= 0.6 is 31.9 Å². The molecule has 1 fully saturated rings. The van der Waals surface area contributed by atoms with Gasteiger partial charge in [0.05, 0.1) is 44.3 Å². The van der Waals surface area contributed by atoms with Crippen LogP contribution in [0.4, 0.5) is 0 Å². The molecule has 388 valence electrons. The first-order valence-corrected chi connectivity index (χ1v) is 28.1. The van der Waals surface area contributed by atoms with Gasteiger partial charge in [-0.2, -0.15) is 0 Å². The maximum Gasteiger partial charge on any atom is 0.494 e. The molecule has 11 heteroatoms. The molecule has 1 aliphatic rings. The molecule has 0 radical (unpaired) electrons. The second kappa shape index (κ2) is 21.0. The number of halogens is 2. The van der Waals surface area contributed by atoms with Crippen molar-refractivity contribution in [3.05, 3.63) is 227 Å². The molecule has 0 aliphatic carbocycles. The fraction of sp³-hybridized carbons (Fsp3) is 0.132. The predicted octanol–water partition coefficient (Wildman–Crippen LogP) is 17.2. The van der Waals surface area contributed by atoms with Crippen LogP contribution in [0.1, 0.15) is 27.7 Å². The van der Waals surface area contributed by atoms with Crippen molar-refractivity contribution in [1.82, 2.24) is 28.7 Å². The van der Waals surface area contributed by atoms with Crippen LogP contribution in [-0.2, 0) is 30.5 Å². The Labute approximate surface area is 477 Å². The Kier molecular flexibility index (Phi) is 13.8. The Morgan fingerprint density at radius 3 is 1.00 bits per heavy atom. The largest absolute Gasteiger partial charge is 0.494 e. The van der Waals surface area contributed by atoms with E-state index in [-0.39, 0.29) is 18.3 Å². The van der Waals surface area contributed by atoms with E-state index in [0.717, 1.165) is 81.7 Å². The first-order chi connectivity index (χ1) is 38.2. The van der Waals surface area contributed by atoms with Crippen molar-refractivity contribution in [2.45, 2.75) is 38.9 Å². The Bertz CT molecular complexity index is 4170. The number of benzene rings is 10. The summed E-state index contributed by atoms with van der Waals surface area (Å²) in [6, 6.07) is 76.2. The van der Waals surface area contributed by atoms with Gasteiger partial charge in [-0.25, -0.2) is 15.0 Å². The number of imidazole rings is 3. The topological polar surface area (TPSA) is 71.9 Å². The molecule has 10 aromatic carbocycles. The van der Waals surface area contributed by atoms with Crippen LogP contribution in [0.15, 0.2) is 227 Å². The molecule has 0 unspecified atom stereocenters. The van der Waals surface area contributed by atoms with Crippen LogP contribution < -0.4 is 5.46 Å². The van der Waals surface area contributed by atoms with Crippen LogP contribution in [0.2, 0.25) is 0 Å². The fourth-order valence-electron chi connectivity index (χ4n) is 10.6. The van der Waals surface area contributed by atoms with E-state index >= 15 is 0 Å². The van der Waals surface area contributed by atoms with E-state index in [2.05, 4.69) is 263 Å². The van der Waals surface area contributed by atoms with Crippen LogP contribution in [0, 0.1) is 0 Å². The van der Waals surface area contributed by atoms with Gasteiger partial charge in [0.2, 0.25) is 0 Å². The van der Waals surface area contributed by atoms with Gasteiger partial charge in [0, 0.05) is 46.8 Å². The minimum Gasteiger partial charge on any atom is -0.399 e. The third-order valence-electron chi connectivity index (χ3n) is 15.7. The maximum absolute atomic E-state index is 6.12. The summed E-state index contributed by atoms with van der Waals surface area (Å²) in [7, 11) is 5.87. The summed E-state index contributed by atoms with van der Waals surface area (Å²) in [6.07, 6.45) is 0. The van der Waals surface area contributed by atoms with E-state index in [1.807, 2.05) is 49.5 Å². The van der Waals surface area contributed by atoms with E-state index in [1.165, 1.54) is 43.8 Å². The number of para-hydroxylation sites is 6. The summed E-state index contributed by atoms with van der Waals surface area (Å²) < 4.78 is 21.0. The lowest BCUT2D eigenvalue weighted by Gasteiger charge is -2.32. The van der Waals surface area contributed by atoms with E-state index in [0.29, 0.717) is 0 Å². The molecule has 1 aliphatic heterocycles. The van der Waals surface area contributed by atoms with Gasteiger partial charge in [0.1, 0.15) is 17.5 Å². The van der Waals surface area contributed by atoms with Gasteiger partial charge < -0.3 is 23.0 Å². The molecular weight excluding hydrogens is 1100 g/mol. The molecule has 0 amide bonds. The first kappa shape index (κ1) is 51.8. The minimum atomic E-state index is -0.334. The average molecular weight is 1160 g/mol. The zero-order valence-electron chi connectivity index (χ0n) is 45.1. The van der Waals surface area contributed by atoms with Gasteiger partial charge in [-0.1, -0.05) is 202 Å². The van der Waals surface area contributed by atoms with Crippen LogP contribution in [0.5, 0.6) is 0 Å². The average Bonchev–Trinajstić information content (AvgIpc) is 4.29. The molecule has 1 saturated heterocycles. The van der Waals surface area contributed by atoms with Crippen LogP contribution in [-0.4, -0.2) is 47.0 Å². The van der Waals surface area contributed by atoms with E-state index in [1.54, 1.807) is 0 Å². The lowest BCUT2D eigenvalue weighted by molar-refractivity contribution is 0.00578. The van der Waals surface area contributed by atoms with Gasteiger partial charge in [0.15, 0.2) is 0 Å². The zero-order chi connectivity index (χ0) is 54.6. The number of aryl methyl sites for hydroxylation is 3. The van der Waals surface area contributed by atoms with Crippen molar-refractivity contribution in [3.8, 4) is 56.4 Å². The predicted molar refractivity (Wildman–Crippen MR) is 335 cm³/mol. The number of rotatable bonds is 6. The summed E-state index contributed by atoms with van der Waals surface area (Å²) in [6.45, 7) is 8.28. The Morgan fingerprint density at radius 1 is 0.342 bits per heavy atom. The normalized spacial score (nSPS) is 13.7. The van der Waals surface area contributed by atoms with Crippen molar-refractivity contribution >= 4 is 99.1 Å². The summed E-state index contributed by atoms with van der Waals surface area (Å²) in [4.78, 5) is 14.5. The Balaban J connectivity index is 0.000000141. The number of fused-ring (bicyclic) bond motifs is 5. The summed E-state index contributed by atoms with van der Waals surface area (Å²) in [5.41, 5.74) is 15.0. The molecule has 0 saturated carbocycles. The first-order valence-electron chi connectivity index (χ1n) is 26.5. The standard InChI is InChI=1S/C38H28N4.C20H23BN2O2.C10H6Br2/c1-41-35-15-5-3-13-33(35)39-37(41)27-21-17-25(18-22-27)29-9-7-12-32-30(10-8-11-31(29)32)26-19-23-28(24-20-26)38-40-34-14-4-6-16-36(34)42(38)2;1-19(2)20(3,4)25-21(24-19)15-12-10-14(11-13-15)18-22-16-8-6-7-9-17(16)23(18)5;11-9-5-1-3-7-8(9)4-2-6-10(7)12/h3-24H,1-2H3;6-13H,1-5H3;1-6H. The second-order valence-corrected chi connectivity index (χ2v) is 22.8. The number of aromatic nitrogens is 6. The summed E-state index contributed by atoms with van der Waals surface area (Å²) in [5, 5.41) is 4.97. The highest BCUT2D eigenvalue weighted by Gasteiger charge is 2.51. The molecule has 8 nitrogen and oxygen atoms in total. The lowest BCUT2D eigenvalue weighted by atomic mass is 9.79.